The zero-order valence-corrected chi connectivity index (χ0v) is 17.3. The average Bonchev–Trinajstić information content (AvgIpc) is 3.08. The lowest BCUT2D eigenvalue weighted by Gasteiger charge is -2.09. The quantitative estimate of drug-likeness (QED) is 0.270. The third-order valence-electron chi connectivity index (χ3n) is 4.19. The Bertz CT molecular complexity index is 1140. The summed E-state index contributed by atoms with van der Waals surface area (Å²) in [7, 11) is 0. The van der Waals surface area contributed by atoms with Gasteiger partial charge in [0.1, 0.15) is 18.2 Å². The van der Waals surface area contributed by atoms with Crippen LogP contribution in [0.4, 0.5) is 4.39 Å². The summed E-state index contributed by atoms with van der Waals surface area (Å²) in [5, 5.41) is 0. The standard InChI is InChI=1S/C23H15FINO3/c24-18-8-4-7-17(12-18)22-26-20(23(27)29-22)13-16-6-1-2-10-21(16)28-14-15-5-3-9-19(25)11-15/h1-13H,14H2/b20-13-. The van der Waals surface area contributed by atoms with Crippen LogP contribution in [0.1, 0.15) is 16.7 Å². The number of rotatable bonds is 5. The fraction of sp³-hybridized carbons (Fsp3) is 0.0435. The number of carbonyl (C=O) groups excluding carboxylic acids is 1. The maximum atomic E-state index is 13.4. The molecule has 0 aromatic heterocycles. The number of aliphatic imine (C=N–C) groups is 1. The number of ether oxygens (including phenoxy) is 2. The van der Waals surface area contributed by atoms with E-state index in [-0.39, 0.29) is 11.6 Å². The number of esters is 1. The summed E-state index contributed by atoms with van der Waals surface area (Å²) in [4.78, 5) is 16.5. The molecule has 4 rings (SSSR count). The second-order valence-electron chi connectivity index (χ2n) is 6.30. The number of hydrogen-bond acceptors (Lipinski definition) is 4. The minimum atomic E-state index is -0.586. The van der Waals surface area contributed by atoms with E-state index in [1.54, 1.807) is 12.1 Å². The molecule has 4 nitrogen and oxygen atoms in total. The normalized spacial score (nSPS) is 14.6. The summed E-state index contributed by atoms with van der Waals surface area (Å²) in [6.07, 6.45) is 1.61. The SMILES string of the molecule is O=C1OC(c2cccc(F)c2)=N/C1=C\c1ccccc1OCc1cccc(I)c1. The predicted octanol–water partition coefficient (Wildman–Crippen LogP) is 5.35. The summed E-state index contributed by atoms with van der Waals surface area (Å²) in [5.41, 5.74) is 2.29. The molecule has 0 saturated carbocycles. The first kappa shape index (κ1) is 19.3. The second-order valence-corrected chi connectivity index (χ2v) is 7.55. The first-order chi connectivity index (χ1) is 14.1. The lowest BCUT2D eigenvalue weighted by atomic mass is 10.1. The van der Waals surface area contributed by atoms with Crippen LogP contribution in [-0.2, 0) is 16.1 Å². The Labute approximate surface area is 180 Å². The van der Waals surface area contributed by atoms with Gasteiger partial charge in [-0.15, -0.1) is 0 Å². The van der Waals surface area contributed by atoms with E-state index in [0.717, 1.165) is 9.13 Å². The molecule has 0 bridgehead atoms. The molecule has 0 atom stereocenters. The van der Waals surface area contributed by atoms with Crippen LogP contribution in [0.2, 0.25) is 0 Å². The van der Waals surface area contributed by atoms with Gasteiger partial charge in [-0.05, 0) is 70.6 Å². The largest absolute Gasteiger partial charge is 0.488 e. The maximum absolute atomic E-state index is 13.4. The minimum absolute atomic E-state index is 0.0815. The van der Waals surface area contributed by atoms with Crippen molar-refractivity contribution in [3.63, 3.8) is 0 Å². The first-order valence-electron chi connectivity index (χ1n) is 8.83. The van der Waals surface area contributed by atoms with Gasteiger partial charge in [0.05, 0.1) is 0 Å². The topological polar surface area (TPSA) is 47.9 Å². The number of carbonyl (C=O) groups is 1. The lowest BCUT2D eigenvalue weighted by Crippen LogP contribution is -2.05. The number of benzene rings is 3. The molecule has 3 aromatic rings. The molecule has 144 valence electrons. The van der Waals surface area contributed by atoms with E-state index < -0.39 is 11.8 Å². The molecule has 1 aliphatic rings. The number of cyclic esters (lactones) is 1. The number of para-hydroxylation sites is 1. The molecular formula is C23H15FINO3. The van der Waals surface area contributed by atoms with Gasteiger partial charge in [0, 0.05) is 14.7 Å². The molecule has 1 heterocycles. The molecule has 0 fully saturated rings. The van der Waals surface area contributed by atoms with Crippen LogP contribution in [0, 0.1) is 9.39 Å². The van der Waals surface area contributed by atoms with E-state index in [0.29, 0.717) is 23.5 Å². The van der Waals surface area contributed by atoms with Gasteiger partial charge in [0.2, 0.25) is 5.90 Å². The highest BCUT2D eigenvalue weighted by Gasteiger charge is 2.24. The van der Waals surface area contributed by atoms with Crippen LogP contribution < -0.4 is 4.74 Å². The van der Waals surface area contributed by atoms with E-state index >= 15 is 0 Å². The van der Waals surface area contributed by atoms with Crippen molar-refractivity contribution in [2.45, 2.75) is 6.61 Å². The highest BCUT2D eigenvalue weighted by atomic mass is 127. The van der Waals surface area contributed by atoms with Crippen molar-refractivity contribution in [3.05, 3.63) is 105 Å². The highest BCUT2D eigenvalue weighted by molar-refractivity contribution is 14.1. The summed E-state index contributed by atoms with van der Waals surface area (Å²) in [6, 6.07) is 21.2. The van der Waals surface area contributed by atoms with Crippen LogP contribution in [0.25, 0.3) is 6.08 Å². The van der Waals surface area contributed by atoms with Gasteiger partial charge in [-0.25, -0.2) is 14.2 Å². The average molecular weight is 499 g/mol. The summed E-state index contributed by atoms with van der Waals surface area (Å²) >= 11 is 2.26. The first-order valence-corrected chi connectivity index (χ1v) is 9.91. The fourth-order valence-corrected chi connectivity index (χ4v) is 3.43. The molecule has 0 aliphatic carbocycles. The Kier molecular flexibility index (Phi) is 5.71. The second kappa shape index (κ2) is 8.57. The Balaban J connectivity index is 1.58. The van der Waals surface area contributed by atoms with Crippen molar-refractivity contribution in [1.29, 1.82) is 0 Å². The number of halogens is 2. The van der Waals surface area contributed by atoms with Gasteiger partial charge in [-0.3, -0.25) is 0 Å². The lowest BCUT2D eigenvalue weighted by molar-refractivity contribution is -0.129. The van der Waals surface area contributed by atoms with E-state index in [1.807, 2.05) is 48.5 Å². The maximum Gasteiger partial charge on any atom is 0.363 e. The summed E-state index contributed by atoms with van der Waals surface area (Å²) in [5.74, 6) is -0.302. The van der Waals surface area contributed by atoms with E-state index in [2.05, 4.69) is 27.6 Å². The van der Waals surface area contributed by atoms with Gasteiger partial charge in [-0.1, -0.05) is 36.4 Å². The summed E-state index contributed by atoms with van der Waals surface area (Å²) < 4.78 is 25.7. The van der Waals surface area contributed by atoms with Crippen molar-refractivity contribution in [2.24, 2.45) is 4.99 Å². The number of hydrogen-bond donors (Lipinski definition) is 0. The Morgan fingerprint density at radius 3 is 2.69 bits per heavy atom. The van der Waals surface area contributed by atoms with Crippen LogP contribution in [0.15, 0.2) is 83.5 Å². The predicted molar refractivity (Wildman–Crippen MR) is 117 cm³/mol. The van der Waals surface area contributed by atoms with Gasteiger partial charge in [0.15, 0.2) is 5.70 Å². The van der Waals surface area contributed by atoms with Gasteiger partial charge in [0.25, 0.3) is 0 Å². The third-order valence-corrected chi connectivity index (χ3v) is 4.86. The Morgan fingerprint density at radius 2 is 1.86 bits per heavy atom. The molecule has 0 saturated heterocycles. The van der Waals surface area contributed by atoms with Gasteiger partial charge < -0.3 is 9.47 Å². The molecule has 0 N–H and O–H groups in total. The van der Waals surface area contributed by atoms with E-state index in [9.17, 15) is 9.18 Å². The van der Waals surface area contributed by atoms with Crippen LogP contribution in [0.3, 0.4) is 0 Å². The highest BCUT2D eigenvalue weighted by Crippen LogP contribution is 2.25. The Morgan fingerprint density at radius 1 is 1.03 bits per heavy atom. The number of nitrogens with zero attached hydrogens (tertiary/aromatic N) is 1. The van der Waals surface area contributed by atoms with Crippen LogP contribution in [0.5, 0.6) is 5.75 Å². The summed E-state index contributed by atoms with van der Waals surface area (Å²) in [6.45, 7) is 0.402. The van der Waals surface area contributed by atoms with Crippen LogP contribution >= 0.6 is 22.6 Å². The molecule has 0 radical (unpaired) electrons. The monoisotopic (exact) mass is 499 g/mol. The smallest absolute Gasteiger partial charge is 0.363 e. The molecule has 6 heteroatoms. The molecular weight excluding hydrogens is 484 g/mol. The minimum Gasteiger partial charge on any atom is -0.488 e. The zero-order valence-electron chi connectivity index (χ0n) is 15.1. The van der Waals surface area contributed by atoms with Crippen molar-refractivity contribution in [1.82, 2.24) is 0 Å². The van der Waals surface area contributed by atoms with Crippen molar-refractivity contribution in [2.75, 3.05) is 0 Å². The molecule has 0 amide bonds. The fourth-order valence-electron chi connectivity index (χ4n) is 2.82. The molecule has 3 aromatic carbocycles. The van der Waals surface area contributed by atoms with Gasteiger partial charge >= 0.3 is 5.97 Å². The molecule has 0 unspecified atom stereocenters. The third kappa shape index (κ3) is 4.71. The Hall–Kier alpha value is -3.00. The van der Waals surface area contributed by atoms with Crippen molar-refractivity contribution >= 4 is 40.5 Å². The van der Waals surface area contributed by atoms with Gasteiger partial charge in [-0.2, -0.15) is 0 Å². The van der Waals surface area contributed by atoms with Crippen molar-refractivity contribution < 1.29 is 18.7 Å². The van der Waals surface area contributed by atoms with E-state index in [4.69, 9.17) is 9.47 Å². The molecule has 0 spiro atoms. The van der Waals surface area contributed by atoms with E-state index in [1.165, 1.54) is 18.2 Å². The van der Waals surface area contributed by atoms with Crippen molar-refractivity contribution in [3.8, 4) is 5.75 Å². The molecule has 1 aliphatic heterocycles. The molecule has 29 heavy (non-hydrogen) atoms. The zero-order chi connectivity index (χ0) is 20.2. The van der Waals surface area contributed by atoms with Crippen LogP contribution in [-0.4, -0.2) is 11.9 Å².